The quantitative estimate of drug-likeness (QED) is 0.472. The first-order valence-corrected chi connectivity index (χ1v) is 12.1. The van der Waals surface area contributed by atoms with Crippen LogP contribution in [-0.4, -0.2) is 29.4 Å². The van der Waals surface area contributed by atoms with Gasteiger partial charge in [-0.25, -0.2) is 0 Å². The van der Waals surface area contributed by atoms with Gasteiger partial charge < -0.3 is 4.90 Å². The monoisotopic (exact) mass is 428 g/mol. The summed E-state index contributed by atoms with van der Waals surface area (Å²) in [5.74, 6) is 4.34. The van der Waals surface area contributed by atoms with Gasteiger partial charge in [0.05, 0.1) is 0 Å². The molecule has 0 spiro atoms. The highest BCUT2D eigenvalue weighted by molar-refractivity contribution is 7.80. The SMILES string of the molecule is C#Cc1ccc(CN2CCC(Cc3cc(S)c4c(c3)CN(CC3CC3)C4=C)CC2)cc1. The molecule has 2 nitrogen and oxygen atoms in total. The van der Waals surface area contributed by atoms with Gasteiger partial charge in [0.1, 0.15) is 0 Å². The zero-order chi connectivity index (χ0) is 21.4. The summed E-state index contributed by atoms with van der Waals surface area (Å²) in [7, 11) is 0. The molecule has 0 N–H and O–H groups in total. The molecule has 160 valence electrons. The maximum atomic E-state index is 5.47. The second-order valence-electron chi connectivity index (χ2n) is 9.68. The molecule has 1 saturated heterocycles. The number of fused-ring (bicyclic) bond motifs is 1. The van der Waals surface area contributed by atoms with Gasteiger partial charge in [0.2, 0.25) is 0 Å². The maximum absolute atomic E-state index is 5.47. The number of terminal acetylenes is 1. The molecule has 2 aliphatic heterocycles. The third-order valence-corrected chi connectivity index (χ3v) is 7.58. The van der Waals surface area contributed by atoms with Crippen molar-refractivity contribution in [3.05, 3.63) is 70.8 Å². The van der Waals surface area contributed by atoms with Crippen molar-refractivity contribution in [2.75, 3.05) is 19.6 Å². The second-order valence-corrected chi connectivity index (χ2v) is 10.2. The maximum Gasteiger partial charge on any atom is 0.0436 e. The van der Waals surface area contributed by atoms with E-state index in [4.69, 9.17) is 19.1 Å². The normalized spacial score (nSPS) is 19.5. The molecule has 0 bridgehead atoms. The van der Waals surface area contributed by atoms with Crippen LogP contribution in [0.25, 0.3) is 5.70 Å². The number of piperidine rings is 1. The van der Waals surface area contributed by atoms with Crippen LogP contribution < -0.4 is 0 Å². The summed E-state index contributed by atoms with van der Waals surface area (Å²) in [5, 5.41) is 0. The molecule has 1 saturated carbocycles. The first-order chi connectivity index (χ1) is 15.1. The van der Waals surface area contributed by atoms with Crippen LogP contribution in [0.4, 0.5) is 0 Å². The molecule has 0 unspecified atom stereocenters. The lowest BCUT2D eigenvalue weighted by atomic mass is 9.89. The van der Waals surface area contributed by atoms with Gasteiger partial charge in [-0.15, -0.1) is 19.1 Å². The largest absolute Gasteiger partial charge is 0.367 e. The molecule has 5 rings (SSSR count). The molecule has 0 radical (unpaired) electrons. The first kappa shape index (κ1) is 20.7. The molecule has 0 atom stereocenters. The van der Waals surface area contributed by atoms with Gasteiger partial charge in [0, 0.05) is 41.4 Å². The van der Waals surface area contributed by atoms with E-state index >= 15 is 0 Å². The van der Waals surface area contributed by atoms with E-state index in [-0.39, 0.29) is 0 Å². The van der Waals surface area contributed by atoms with Crippen LogP contribution in [0.3, 0.4) is 0 Å². The van der Waals surface area contributed by atoms with Gasteiger partial charge in [0.25, 0.3) is 0 Å². The van der Waals surface area contributed by atoms with E-state index < -0.39 is 0 Å². The Bertz CT molecular complexity index is 1000. The Balaban J connectivity index is 1.17. The van der Waals surface area contributed by atoms with E-state index in [1.165, 1.54) is 79.7 Å². The summed E-state index contributed by atoms with van der Waals surface area (Å²) in [6, 6.07) is 13.2. The highest BCUT2D eigenvalue weighted by Gasteiger charge is 2.31. The fourth-order valence-corrected chi connectivity index (χ4v) is 5.66. The number of likely N-dealkylation sites (tertiary alicyclic amines) is 1. The summed E-state index contributed by atoms with van der Waals surface area (Å²) < 4.78 is 0. The number of thiol groups is 1. The number of rotatable bonds is 6. The third-order valence-electron chi connectivity index (χ3n) is 7.22. The van der Waals surface area contributed by atoms with Gasteiger partial charge in [-0.05, 0) is 91.9 Å². The predicted octanol–water partition coefficient (Wildman–Crippen LogP) is 5.61. The Labute approximate surface area is 192 Å². The summed E-state index contributed by atoms with van der Waals surface area (Å²) >= 11 is 4.86. The molecule has 31 heavy (non-hydrogen) atoms. The van der Waals surface area contributed by atoms with Gasteiger partial charge in [-0.1, -0.05) is 30.7 Å². The minimum atomic E-state index is 0.762. The Morgan fingerprint density at radius 3 is 2.42 bits per heavy atom. The highest BCUT2D eigenvalue weighted by Crippen LogP contribution is 2.40. The third kappa shape index (κ3) is 4.71. The van der Waals surface area contributed by atoms with Gasteiger partial charge in [0.15, 0.2) is 0 Å². The molecule has 0 amide bonds. The standard InChI is InChI=1S/C28H32N2S/c1-3-21-4-6-23(7-5-21)17-29-12-10-22(11-13-29)14-25-15-26-19-30(18-24-8-9-24)20(2)28(26)27(31)16-25/h1,4-7,15-16,22,24,31H,2,8-14,17-19H2. The molecule has 2 fully saturated rings. The Hall–Kier alpha value is -2.15. The number of nitrogens with zero attached hydrogens (tertiary/aromatic N) is 2. The summed E-state index contributed by atoms with van der Waals surface area (Å²) in [6.07, 6.45) is 11.9. The van der Waals surface area contributed by atoms with Gasteiger partial charge >= 0.3 is 0 Å². The average molecular weight is 429 g/mol. The smallest absolute Gasteiger partial charge is 0.0436 e. The average Bonchev–Trinajstić information content (AvgIpc) is 3.53. The zero-order valence-corrected chi connectivity index (χ0v) is 19.2. The van der Waals surface area contributed by atoms with Crippen LogP contribution in [0.1, 0.15) is 53.5 Å². The predicted molar refractivity (Wildman–Crippen MR) is 132 cm³/mol. The molecule has 2 aromatic rings. The van der Waals surface area contributed by atoms with Crippen molar-refractivity contribution in [3.8, 4) is 12.3 Å². The van der Waals surface area contributed by atoms with E-state index in [9.17, 15) is 0 Å². The van der Waals surface area contributed by atoms with Crippen LogP contribution in [0.15, 0.2) is 47.9 Å². The molecule has 2 heterocycles. The molecular formula is C28H32N2S. The Morgan fingerprint density at radius 1 is 1.00 bits per heavy atom. The van der Waals surface area contributed by atoms with Gasteiger partial charge in [-0.2, -0.15) is 0 Å². The minimum absolute atomic E-state index is 0.762. The molecule has 1 aliphatic carbocycles. The lowest BCUT2D eigenvalue weighted by Gasteiger charge is -2.32. The van der Waals surface area contributed by atoms with E-state index in [1.807, 2.05) is 12.1 Å². The topological polar surface area (TPSA) is 6.48 Å². The van der Waals surface area contributed by atoms with Crippen molar-refractivity contribution in [1.29, 1.82) is 0 Å². The Kier molecular flexibility index (Phi) is 5.87. The van der Waals surface area contributed by atoms with Crippen LogP contribution in [0, 0.1) is 24.2 Å². The zero-order valence-electron chi connectivity index (χ0n) is 18.3. The lowest BCUT2D eigenvalue weighted by Crippen LogP contribution is -2.33. The Morgan fingerprint density at radius 2 is 1.74 bits per heavy atom. The summed E-state index contributed by atoms with van der Waals surface area (Å²) in [4.78, 5) is 6.16. The lowest BCUT2D eigenvalue weighted by molar-refractivity contribution is 0.177. The van der Waals surface area contributed by atoms with E-state index in [1.54, 1.807) is 0 Å². The van der Waals surface area contributed by atoms with Crippen LogP contribution in [0.5, 0.6) is 0 Å². The van der Waals surface area contributed by atoms with Crippen molar-refractivity contribution in [1.82, 2.24) is 9.80 Å². The number of hydrogen-bond acceptors (Lipinski definition) is 3. The van der Waals surface area contributed by atoms with Crippen molar-refractivity contribution in [2.24, 2.45) is 11.8 Å². The van der Waals surface area contributed by atoms with E-state index in [0.717, 1.165) is 35.4 Å². The second kappa shape index (κ2) is 8.77. The van der Waals surface area contributed by atoms with Crippen molar-refractivity contribution >= 4 is 18.3 Å². The van der Waals surface area contributed by atoms with E-state index in [0.29, 0.717) is 0 Å². The van der Waals surface area contributed by atoms with Crippen LogP contribution in [0.2, 0.25) is 0 Å². The first-order valence-electron chi connectivity index (χ1n) is 11.7. The van der Waals surface area contributed by atoms with Crippen molar-refractivity contribution < 1.29 is 0 Å². The van der Waals surface area contributed by atoms with Crippen LogP contribution in [-0.2, 0) is 19.5 Å². The van der Waals surface area contributed by atoms with Crippen LogP contribution >= 0.6 is 12.6 Å². The number of benzene rings is 2. The molecule has 2 aromatic carbocycles. The number of hydrogen-bond donors (Lipinski definition) is 1. The van der Waals surface area contributed by atoms with Crippen molar-refractivity contribution in [3.63, 3.8) is 0 Å². The van der Waals surface area contributed by atoms with E-state index in [2.05, 4.69) is 46.6 Å². The minimum Gasteiger partial charge on any atom is -0.367 e. The summed E-state index contributed by atoms with van der Waals surface area (Å²) in [6.45, 7) is 9.93. The van der Waals surface area contributed by atoms with Crippen molar-refractivity contribution in [2.45, 2.75) is 50.1 Å². The fourth-order valence-electron chi connectivity index (χ4n) is 5.22. The molecule has 3 heteroatoms. The van der Waals surface area contributed by atoms with Gasteiger partial charge in [-0.3, -0.25) is 4.90 Å². The summed E-state index contributed by atoms with van der Waals surface area (Å²) in [5.41, 5.74) is 7.67. The fraction of sp³-hybridized carbons (Fsp3) is 0.429. The molecule has 3 aliphatic rings. The highest BCUT2D eigenvalue weighted by atomic mass is 32.1. The molecular weight excluding hydrogens is 396 g/mol. The molecule has 0 aromatic heterocycles.